The number of ether oxygens (including phenoxy) is 1. The minimum atomic E-state index is -2.30. The summed E-state index contributed by atoms with van der Waals surface area (Å²) in [4.78, 5) is 14.0. The van der Waals surface area contributed by atoms with Gasteiger partial charge >= 0.3 is 5.97 Å². The van der Waals surface area contributed by atoms with Gasteiger partial charge in [-0.1, -0.05) is 99.6 Å². The largest absolute Gasteiger partial charge is 0.455 e. The Morgan fingerprint density at radius 1 is 0.889 bits per heavy atom. The molecule has 2 aliphatic rings. The van der Waals surface area contributed by atoms with Crippen LogP contribution in [0.15, 0.2) is 78.9 Å². The molecule has 188 valence electrons. The van der Waals surface area contributed by atoms with Gasteiger partial charge in [0.05, 0.1) is 6.10 Å². The Hall–Kier alpha value is -2.73. The molecule has 0 bridgehead atoms. The van der Waals surface area contributed by atoms with E-state index in [-0.39, 0.29) is 5.04 Å². The summed E-state index contributed by atoms with van der Waals surface area (Å²) in [6.45, 7) is 10.8. The summed E-state index contributed by atoms with van der Waals surface area (Å²) in [5, 5.41) is 11.6. The third-order valence-corrected chi connectivity index (χ3v) is 13.0. The van der Waals surface area contributed by atoms with E-state index in [2.05, 4.69) is 46.0 Å². The van der Waals surface area contributed by atoms with Crippen molar-refractivity contribution in [1.82, 2.24) is 0 Å². The second kappa shape index (κ2) is 8.98. The number of benzene rings is 3. The zero-order valence-electron chi connectivity index (χ0n) is 21.8. The fraction of sp³-hybridized carbons (Fsp3) is 0.387. The second-order valence-electron chi connectivity index (χ2n) is 11.9. The van der Waals surface area contributed by atoms with E-state index in [1.807, 2.05) is 66.7 Å². The Balaban J connectivity index is 1.53. The van der Waals surface area contributed by atoms with Crippen molar-refractivity contribution in [3.8, 4) is 0 Å². The molecule has 0 aliphatic heterocycles. The topological polar surface area (TPSA) is 55.8 Å². The maximum atomic E-state index is 14.0. The third kappa shape index (κ3) is 4.13. The monoisotopic (exact) mass is 500 g/mol. The van der Waals surface area contributed by atoms with Gasteiger partial charge in [0.1, 0.15) is 6.10 Å². The van der Waals surface area contributed by atoms with Gasteiger partial charge in [-0.05, 0) is 58.8 Å². The minimum absolute atomic E-state index is 0.0647. The molecule has 1 spiro atoms. The summed E-state index contributed by atoms with van der Waals surface area (Å²) in [5.74, 6) is -0.393. The molecule has 0 aromatic heterocycles. The highest BCUT2D eigenvalue weighted by Crippen LogP contribution is 2.60. The number of esters is 1. The van der Waals surface area contributed by atoms with Gasteiger partial charge in [-0.2, -0.15) is 0 Å². The van der Waals surface area contributed by atoms with Gasteiger partial charge in [0.25, 0.3) is 0 Å². The first-order valence-electron chi connectivity index (χ1n) is 12.8. The van der Waals surface area contributed by atoms with Gasteiger partial charge in [-0.15, -0.1) is 0 Å². The summed E-state index contributed by atoms with van der Waals surface area (Å²) in [7, 11) is -2.30. The zero-order chi connectivity index (χ0) is 25.7. The number of aliphatic hydroxyl groups is 1. The molecular weight excluding hydrogens is 464 g/mol. The van der Waals surface area contributed by atoms with Crippen molar-refractivity contribution in [2.75, 3.05) is 0 Å². The lowest BCUT2D eigenvalue weighted by molar-refractivity contribution is -0.171. The van der Waals surface area contributed by atoms with Crippen LogP contribution in [0.4, 0.5) is 0 Å². The Labute approximate surface area is 215 Å². The number of hydrogen-bond donors (Lipinski definition) is 1. The molecule has 0 heterocycles. The van der Waals surface area contributed by atoms with Crippen LogP contribution in [0, 0.1) is 5.41 Å². The van der Waals surface area contributed by atoms with Crippen LogP contribution in [0.5, 0.6) is 0 Å². The first-order chi connectivity index (χ1) is 17.0. The molecule has 5 heteroatoms. The smallest absolute Gasteiger partial charge is 0.339 e. The van der Waals surface area contributed by atoms with Crippen LogP contribution in [0.2, 0.25) is 18.1 Å². The Bertz CT molecular complexity index is 1260. The lowest BCUT2D eigenvalue weighted by Crippen LogP contribution is -2.44. The highest BCUT2D eigenvalue weighted by Gasteiger charge is 2.57. The first kappa shape index (κ1) is 24.9. The highest BCUT2D eigenvalue weighted by molar-refractivity contribution is 6.74. The van der Waals surface area contributed by atoms with Crippen LogP contribution in [0.25, 0.3) is 0 Å². The number of fused-ring (bicyclic) bond motifs is 2. The maximum absolute atomic E-state index is 14.0. The molecule has 1 N–H and O–H groups in total. The molecule has 0 unspecified atom stereocenters. The van der Waals surface area contributed by atoms with Gasteiger partial charge in [0, 0.05) is 5.41 Å². The molecule has 3 aromatic carbocycles. The molecule has 5 rings (SSSR count). The number of hydrogen-bond acceptors (Lipinski definition) is 4. The first-order valence-corrected chi connectivity index (χ1v) is 15.7. The highest BCUT2D eigenvalue weighted by atomic mass is 28.4. The van der Waals surface area contributed by atoms with E-state index >= 15 is 0 Å². The Morgan fingerprint density at radius 2 is 1.42 bits per heavy atom. The summed E-state index contributed by atoms with van der Waals surface area (Å²) >= 11 is 0. The van der Waals surface area contributed by atoms with Crippen LogP contribution in [0.3, 0.4) is 0 Å². The molecule has 0 amide bonds. The lowest BCUT2D eigenvalue weighted by Gasteiger charge is -2.40. The van der Waals surface area contributed by atoms with E-state index in [9.17, 15) is 9.90 Å². The SMILES string of the molecule is CC(C)(C)[Si](C)(C)O[C@H](C(=O)O[C@@H]1c2ccccc2C[C@@]12Cc1ccccc1[C@H]2O)c1ccccc1. The van der Waals surface area contributed by atoms with E-state index in [0.29, 0.717) is 12.8 Å². The number of aliphatic hydroxyl groups excluding tert-OH is 1. The summed E-state index contributed by atoms with van der Waals surface area (Å²) < 4.78 is 13.1. The average molecular weight is 501 g/mol. The molecule has 0 fully saturated rings. The van der Waals surface area contributed by atoms with E-state index in [4.69, 9.17) is 9.16 Å². The average Bonchev–Trinajstić information content (AvgIpc) is 3.31. The van der Waals surface area contributed by atoms with E-state index < -0.39 is 38.0 Å². The second-order valence-corrected chi connectivity index (χ2v) is 16.6. The fourth-order valence-corrected chi connectivity index (χ4v) is 6.71. The van der Waals surface area contributed by atoms with Gasteiger partial charge in [0.2, 0.25) is 0 Å². The molecule has 36 heavy (non-hydrogen) atoms. The van der Waals surface area contributed by atoms with Gasteiger partial charge in [-0.3, -0.25) is 0 Å². The van der Waals surface area contributed by atoms with Crippen molar-refractivity contribution in [2.45, 2.75) is 70.1 Å². The van der Waals surface area contributed by atoms with Crippen molar-refractivity contribution in [1.29, 1.82) is 0 Å². The minimum Gasteiger partial charge on any atom is -0.455 e. The van der Waals surface area contributed by atoms with Crippen LogP contribution in [-0.2, 0) is 26.8 Å². The maximum Gasteiger partial charge on any atom is 0.339 e. The van der Waals surface area contributed by atoms with Crippen LogP contribution in [0.1, 0.15) is 66.9 Å². The van der Waals surface area contributed by atoms with Crippen LogP contribution < -0.4 is 0 Å². The van der Waals surface area contributed by atoms with Crippen LogP contribution in [-0.4, -0.2) is 19.4 Å². The summed E-state index contributed by atoms with van der Waals surface area (Å²) in [6, 6.07) is 25.8. The van der Waals surface area contributed by atoms with E-state index in [0.717, 1.165) is 27.8 Å². The normalized spacial score (nSPS) is 23.8. The molecule has 0 saturated heterocycles. The summed E-state index contributed by atoms with van der Waals surface area (Å²) in [6.07, 6.45) is -0.766. The molecule has 0 radical (unpaired) electrons. The molecule has 0 saturated carbocycles. The van der Waals surface area contributed by atoms with Crippen molar-refractivity contribution in [3.63, 3.8) is 0 Å². The predicted molar refractivity (Wildman–Crippen MR) is 144 cm³/mol. The molecule has 2 aliphatic carbocycles. The number of carbonyl (C=O) groups is 1. The Kier molecular flexibility index (Phi) is 6.22. The zero-order valence-corrected chi connectivity index (χ0v) is 22.8. The van der Waals surface area contributed by atoms with Gasteiger partial charge in [-0.25, -0.2) is 4.79 Å². The number of carbonyl (C=O) groups excluding carboxylic acids is 1. The van der Waals surface area contributed by atoms with E-state index in [1.54, 1.807) is 0 Å². The van der Waals surface area contributed by atoms with Gasteiger partial charge < -0.3 is 14.3 Å². The Morgan fingerprint density at radius 3 is 2.00 bits per heavy atom. The molecule has 3 aromatic rings. The van der Waals surface area contributed by atoms with Gasteiger partial charge in [0.15, 0.2) is 14.4 Å². The molecule has 4 atom stereocenters. The fourth-order valence-electron chi connectivity index (χ4n) is 5.54. The summed E-state index contributed by atoms with van der Waals surface area (Å²) in [5.41, 5.74) is 4.34. The lowest BCUT2D eigenvalue weighted by atomic mass is 9.77. The van der Waals surface area contributed by atoms with Crippen molar-refractivity contribution < 1.29 is 19.1 Å². The molecule has 4 nitrogen and oxygen atoms in total. The van der Waals surface area contributed by atoms with Crippen molar-refractivity contribution in [2.24, 2.45) is 5.41 Å². The quantitative estimate of drug-likeness (QED) is 0.307. The third-order valence-electron chi connectivity index (χ3n) is 8.56. The molecular formula is C31H36O4Si. The predicted octanol–water partition coefficient (Wildman–Crippen LogP) is 6.87. The van der Waals surface area contributed by atoms with Crippen molar-refractivity contribution >= 4 is 14.3 Å². The van der Waals surface area contributed by atoms with Crippen molar-refractivity contribution in [3.05, 3.63) is 107 Å². The number of rotatable bonds is 5. The van der Waals surface area contributed by atoms with E-state index in [1.165, 1.54) is 0 Å². The van der Waals surface area contributed by atoms with Crippen LogP contribution >= 0.6 is 0 Å². The standard InChI is InChI=1S/C31H36O4Si/c1-30(2,3)36(4,5)35-26(21-13-7-6-8-14-21)29(33)34-28-25-18-12-10-16-23(25)20-31(28)19-22-15-9-11-17-24(22)27(31)32/h6-18,26-28,32H,19-20H2,1-5H3/t26-,27+,28+,31+/m0/s1.